The highest BCUT2D eigenvalue weighted by Crippen LogP contribution is 2.18. The Morgan fingerprint density at radius 3 is 2.65 bits per heavy atom. The normalized spacial score (nSPS) is 11.0. The molecule has 0 spiro atoms. The first-order valence-electron chi connectivity index (χ1n) is 7.50. The largest absolute Gasteiger partial charge is 0.493 e. The number of hydrogen-bond acceptors (Lipinski definition) is 2. The highest BCUT2D eigenvalue weighted by atomic mass is 35.5. The first kappa shape index (κ1) is 17.1. The average Bonchev–Trinajstić information content (AvgIpc) is 2.53. The Labute approximate surface area is 141 Å². The van der Waals surface area contributed by atoms with Gasteiger partial charge < -0.3 is 10.1 Å². The molecule has 0 radical (unpaired) electrons. The number of benzene rings is 2. The minimum absolute atomic E-state index is 0.194. The van der Waals surface area contributed by atoms with E-state index in [1.54, 1.807) is 18.2 Å². The second-order valence-electron chi connectivity index (χ2n) is 5.61. The molecule has 3 nitrogen and oxygen atoms in total. The fourth-order valence-electron chi connectivity index (χ4n) is 1.86. The lowest BCUT2D eigenvalue weighted by Gasteiger charge is -2.10. The van der Waals surface area contributed by atoms with E-state index in [1.807, 2.05) is 36.4 Å². The summed E-state index contributed by atoms with van der Waals surface area (Å²) in [5, 5.41) is 3.49. The molecule has 23 heavy (non-hydrogen) atoms. The van der Waals surface area contributed by atoms with Crippen molar-refractivity contribution in [1.82, 2.24) is 0 Å². The van der Waals surface area contributed by atoms with E-state index in [9.17, 15) is 4.79 Å². The molecule has 0 unspecified atom stereocenters. The van der Waals surface area contributed by atoms with Gasteiger partial charge in [0.1, 0.15) is 5.75 Å². The first-order chi connectivity index (χ1) is 11.0. The molecule has 2 rings (SSSR count). The van der Waals surface area contributed by atoms with E-state index < -0.39 is 0 Å². The van der Waals surface area contributed by atoms with Gasteiger partial charge in [0.25, 0.3) is 0 Å². The highest BCUT2D eigenvalue weighted by molar-refractivity contribution is 6.30. The van der Waals surface area contributed by atoms with Crippen molar-refractivity contribution >= 4 is 29.3 Å². The zero-order valence-corrected chi connectivity index (χ0v) is 14.0. The molecule has 0 aromatic heterocycles. The van der Waals surface area contributed by atoms with Gasteiger partial charge in [-0.05, 0) is 41.8 Å². The van der Waals surface area contributed by atoms with Crippen LogP contribution in [0.15, 0.2) is 54.6 Å². The van der Waals surface area contributed by atoms with Gasteiger partial charge in [-0.25, -0.2) is 0 Å². The molecule has 0 saturated carbocycles. The van der Waals surface area contributed by atoms with Crippen molar-refractivity contribution in [2.24, 2.45) is 5.92 Å². The van der Waals surface area contributed by atoms with Crippen LogP contribution in [-0.2, 0) is 4.79 Å². The molecular weight excluding hydrogens is 310 g/mol. The van der Waals surface area contributed by atoms with Crippen LogP contribution in [0.3, 0.4) is 0 Å². The number of ether oxygens (including phenoxy) is 1. The van der Waals surface area contributed by atoms with E-state index in [0.29, 0.717) is 23.2 Å². The molecule has 0 aliphatic heterocycles. The summed E-state index contributed by atoms with van der Waals surface area (Å²) in [7, 11) is 0. The maximum atomic E-state index is 12.0. The number of hydrogen-bond donors (Lipinski definition) is 1. The van der Waals surface area contributed by atoms with E-state index in [-0.39, 0.29) is 5.91 Å². The molecule has 4 heteroatoms. The maximum Gasteiger partial charge on any atom is 0.248 e. The first-order valence-corrected chi connectivity index (χ1v) is 7.88. The third kappa shape index (κ3) is 6.17. The summed E-state index contributed by atoms with van der Waals surface area (Å²) in [5.74, 6) is 1.01. The number of rotatable bonds is 6. The van der Waals surface area contributed by atoms with Crippen LogP contribution in [0.25, 0.3) is 6.08 Å². The molecule has 0 atom stereocenters. The molecule has 0 bridgehead atoms. The van der Waals surface area contributed by atoms with Gasteiger partial charge in [0.2, 0.25) is 5.91 Å². The standard InChI is InChI=1S/C19H20ClNO2/c1-14(2)13-23-18-5-3-4-17(12-18)21-19(22)11-8-15-6-9-16(20)10-7-15/h3-12,14H,13H2,1-2H3,(H,21,22)/b11-8+. The lowest BCUT2D eigenvalue weighted by atomic mass is 10.2. The predicted octanol–water partition coefficient (Wildman–Crippen LogP) is 5.03. The SMILES string of the molecule is CC(C)COc1cccc(NC(=O)/C=C/c2ccc(Cl)cc2)c1. The van der Waals surface area contributed by atoms with Crippen molar-refractivity contribution in [3.05, 3.63) is 65.2 Å². The Morgan fingerprint density at radius 2 is 1.96 bits per heavy atom. The Kier molecular flexibility index (Phi) is 6.24. The summed E-state index contributed by atoms with van der Waals surface area (Å²) in [6.07, 6.45) is 3.23. The molecule has 0 aliphatic rings. The summed E-state index contributed by atoms with van der Waals surface area (Å²) < 4.78 is 5.65. The number of carbonyl (C=O) groups excluding carboxylic acids is 1. The fraction of sp³-hybridized carbons (Fsp3) is 0.211. The Balaban J connectivity index is 1.94. The van der Waals surface area contributed by atoms with Gasteiger partial charge in [-0.3, -0.25) is 4.79 Å². The van der Waals surface area contributed by atoms with Crippen LogP contribution in [0, 0.1) is 5.92 Å². The van der Waals surface area contributed by atoms with Crippen LogP contribution in [0.2, 0.25) is 5.02 Å². The number of amides is 1. The smallest absolute Gasteiger partial charge is 0.248 e. The summed E-state index contributed by atoms with van der Waals surface area (Å²) in [6, 6.07) is 14.7. The van der Waals surface area contributed by atoms with Crippen molar-refractivity contribution < 1.29 is 9.53 Å². The fourth-order valence-corrected chi connectivity index (χ4v) is 1.98. The third-order valence-electron chi connectivity index (χ3n) is 2.98. The Bertz CT molecular complexity index is 678. The lowest BCUT2D eigenvalue weighted by Crippen LogP contribution is -2.08. The minimum atomic E-state index is -0.194. The zero-order valence-electron chi connectivity index (χ0n) is 13.3. The van der Waals surface area contributed by atoms with E-state index >= 15 is 0 Å². The van der Waals surface area contributed by atoms with Gasteiger partial charge in [-0.2, -0.15) is 0 Å². The Morgan fingerprint density at radius 1 is 1.22 bits per heavy atom. The summed E-state index contributed by atoms with van der Waals surface area (Å²) in [4.78, 5) is 12.0. The number of anilines is 1. The van der Waals surface area contributed by atoms with Crippen molar-refractivity contribution in [3.8, 4) is 5.75 Å². The van der Waals surface area contributed by atoms with Crippen molar-refractivity contribution in [1.29, 1.82) is 0 Å². The lowest BCUT2D eigenvalue weighted by molar-refractivity contribution is -0.111. The van der Waals surface area contributed by atoms with Crippen molar-refractivity contribution in [3.63, 3.8) is 0 Å². The minimum Gasteiger partial charge on any atom is -0.493 e. The predicted molar refractivity (Wildman–Crippen MR) is 95.9 cm³/mol. The highest BCUT2D eigenvalue weighted by Gasteiger charge is 2.01. The summed E-state index contributed by atoms with van der Waals surface area (Å²) in [5.41, 5.74) is 1.62. The third-order valence-corrected chi connectivity index (χ3v) is 3.23. The molecule has 1 amide bonds. The van der Waals surface area contributed by atoms with E-state index in [1.165, 1.54) is 6.08 Å². The van der Waals surface area contributed by atoms with E-state index in [0.717, 1.165) is 11.3 Å². The van der Waals surface area contributed by atoms with Gasteiger partial charge in [-0.1, -0.05) is 43.6 Å². The van der Waals surface area contributed by atoms with Gasteiger partial charge in [-0.15, -0.1) is 0 Å². The monoisotopic (exact) mass is 329 g/mol. The zero-order chi connectivity index (χ0) is 16.7. The van der Waals surface area contributed by atoms with Gasteiger partial charge >= 0.3 is 0 Å². The second-order valence-corrected chi connectivity index (χ2v) is 6.04. The van der Waals surface area contributed by atoms with Crippen LogP contribution in [0.5, 0.6) is 5.75 Å². The Hall–Kier alpha value is -2.26. The van der Waals surface area contributed by atoms with Crippen molar-refractivity contribution in [2.45, 2.75) is 13.8 Å². The summed E-state index contributed by atoms with van der Waals surface area (Å²) in [6.45, 7) is 4.83. The van der Waals surface area contributed by atoms with E-state index in [2.05, 4.69) is 19.2 Å². The quantitative estimate of drug-likeness (QED) is 0.755. The van der Waals surface area contributed by atoms with Crippen LogP contribution in [0.4, 0.5) is 5.69 Å². The van der Waals surface area contributed by atoms with Crippen LogP contribution in [0.1, 0.15) is 19.4 Å². The van der Waals surface area contributed by atoms with Crippen LogP contribution in [-0.4, -0.2) is 12.5 Å². The molecular formula is C19H20ClNO2. The van der Waals surface area contributed by atoms with Gasteiger partial charge in [0, 0.05) is 22.9 Å². The average molecular weight is 330 g/mol. The maximum absolute atomic E-state index is 12.0. The molecule has 120 valence electrons. The number of halogens is 1. The molecule has 0 saturated heterocycles. The molecule has 1 N–H and O–H groups in total. The number of carbonyl (C=O) groups is 1. The topological polar surface area (TPSA) is 38.3 Å². The molecule has 0 aliphatic carbocycles. The summed E-state index contributed by atoms with van der Waals surface area (Å²) >= 11 is 5.83. The van der Waals surface area contributed by atoms with Crippen molar-refractivity contribution in [2.75, 3.05) is 11.9 Å². The van der Waals surface area contributed by atoms with Crippen LogP contribution >= 0.6 is 11.6 Å². The molecule has 2 aromatic rings. The van der Waals surface area contributed by atoms with Gasteiger partial charge in [0.15, 0.2) is 0 Å². The van der Waals surface area contributed by atoms with Crippen LogP contribution < -0.4 is 10.1 Å². The number of nitrogens with one attached hydrogen (secondary N) is 1. The van der Waals surface area contributed by atoms with Gasteiger partial charge in [0.05, 0.1) is 6.61 Å². The molecule has 0 heterocycles. The molecule has 2 aromatic carbocycles. The van der Waals surface area contributed by atoms with E-state index in [4.69, 9.17) is 16.3 Å². The molecule has 0 fully saturated rings. The second kappa shape index (κ2) is 8.39.